The fourth-order valence-electron chi connectivity index (χ4n) is 1.40. The molecular formula is C10H5ClF2N2O2. The third kappa shape index (κ3) is 1.99. The summed E-state index contributed by atoms with van der Waals surface area (Å²) in [5, 5.41) is 14.0. The molecule has 0 saturated carbocycles. The van der Waals surface area contributed by atoms with E-state index in [1.165, 1.54) is 6.20 Å². The molecule has 0 unspecified atom stereocenters. The van der Waals surface area contributed by atoms with E-state index in [0.29, 0.717) is 0 Å². The molecule has 1 heterocycles. The third-order valence-electron chi connectivity index (χ3n) is 2.15. The van der Waals surface area contributed by atoms with E-state index < -0.39 is 23.3 Å². The monoisotopic (exact) mass is 258 g/mol. The number of nitrogens with one attached hydrogen (secondary N) is 1. The zero-order valence-corrected chi connectivity index (χ0v) is 8.92. The zero-order chi connectivity index (χ0) is 12.6. The fourth-order valence-corrected chi connectivity index (χ4v) is 1.69. The van der Waals surface area contributed by atoms with Crippen molar-refractivity contribution < 1.29 is 18.7 Å². The lowest BCUT2D eigenvalue weighted by atomic mass is 10.1. The summed E-state index contributed by atoms with van der Waals surface area (Å²) in [6, 6.07) is 1.72. The molecule has 4 nitrogen and oxygen atoms in total. The molecule has 1 aromatic heterocycles. The Morgan fingerprint density at radius 2 is 2.06 bits per heavy atom. The number of carbonyl (C=O) groups is 1. The van der Waals surface area contributed by atoms with Gasteiger partial charge >= 0.3 is 5.97 Å². The molecule has 7 heteroatoms. The largest absolute Gasteiger partial charge is 0.478 e. The highest BCUT2D eigenvalue weighted by molar-refractivity contribution is 6.36. The van der Waals surface area contributed by atoms with Crippen LogP contribution in [0.5, 0.6) is 0 Å². The van der Waals surface area contributed by atoms with Crippen molar-refractivity contribution in [3.05, 3.63) is 40.7 Å². The predicted octanol–water partition coefficient (Wildman–Crippen LogP) is 2.71. The Morgan fingerprint density at radius 3 is 2.59 bits per heavy atom. The number of carboxylic acids is 1. The highest BCUT2D eigenvalue weighted by Crippen LogP contribution is 2.32. The van der Waals surface area contributed by atoms with Gasteiger partial charge in [0.05, 0.1) is 16.1 Å². The molecule has 0 aliphatic carbocycles. The quantitative estimate of drug-likeness (QED) is 0.870. The van der Waals surface area contributed by atoms with Crippen LogP contribution < -0.4 is 0 Å². The fraction of sp³-hybridized carbons (Fsp3) is 0. The number of aromatic nitrogens is 2. The van der Waals surface area contributed by atoms with Crippen molar-refractivity contribution in [1.29, 1.82) is 0 Å². The minimum Gasteiger partial charge on any atom is -0.478 e. The van der Waals surface area contributed by atoms with Gasteiger partial charge in [-0.05, 0) is 12.1 Å². The second kappa shape index (κ2) is 4.14. The number of hydrogen-bond donors (Lipinski definition) is 2. The van der Waals surface area contributed by atoms with Gasteiger partial charge in [0.15, 0.2) is 0 Å². The van der Waals surface area contributed by atoms with E-state index in [9.17, 15) is 13.6 Å². The van der Waals surface area contributed by atoms with Crippen LogP contribution in [-0.2, 0) is 0 Å². The number of H-pyrrole nitrogens is 1. The molecule has 0 amide bonds. The lowest BCUT2D eigenvalue weighted by Gasteiger charge is -2.05. The van der Waals surface area contributed by atoms with Gasteiger partial charge in [0.2, 0.25) is 5.95 Å². The molecular weight excluding hydrogens is 254 g/mol. The molecule has 88 valence electrons. The molecule has 0 atom stereocenters. The number of hydrogen-bond acceptors (Lipinski definition) is 2. The van der Waals surface area contributed by atoms with E-state index in [2.05, 4.69) is 10.2 Å². The summed E-state index contributed by atoms with van der Waals surface area (Å²) < 4.78 is 26.4. The SMILES string of the molecule is O=C(O)c1cc(F)cc(-c2c[nH]nc2F)c1Cl. The Morgan fingerprint density at radius 1 is 1.35 bits per heavy atom. The Balaban J connectivity index is 2.71. The van der Waals surface area contributed by atoms with Crippen LogP contribution in [0.2, 0.25) is 5.02 Å². The van der Waals surface area contributed by atoms with Crippen LogP contribution in [0.3, 0.4) is 0 Å². The smallest absolute Gasteiger partial charge is 0.337 e. The average molecular weight is 259 g/mol. The van der Waals surface area contributed by atoms with Gasteiger partial charge in [0, 0.05) is 11.8 Å². The number of aromatic amines is 1. The highest BCUT2D eigenvalue weighted by atomic mass is 35.5. The lowest BCUT2D eigenvalue weighted by molar-refractivity contribution is 0.0696. The second-order valence-electron chi connectivity index (χ2n) is 3.21. The summed E-state index contributed by atoms with van der Waals surface area (Å²) in [4.78, 5) is 10.8. The van der Waals surface area contributed by atoms with Gasteiger partial charge in [0.25, 0.3) is 0 Å². The Labute approximate surface area is 98.8 Å². The van der Waals surface area contributed by atoms with E-state index in [0.717, 1.165) is 12.1 Å². The molecule has 0 saturated heterocycles. The van der Waals surface area contributed by atoms with Crippen LogP contribution >= 0.6 is 11.6 Å². The van der Waals surface area contributed by atoms with E-state index in [1.807, 2.05) is 0 Å². The molecule has 2 N–H and O–H groups in total. The topological polar surface area (TPSA) is 66.0 Å². The standard InChI is InChI=1S/C10H5ClF2N2O2/c11-8-5(7-3-14-15-9(7)13)1-4(12)2-6(8)10(16)17/h1-3H,(H,14,15)(H,16,17). The maximum atomic E-state index is 13.2. The summed E-state index contributed by atoms with van der Waals surface area (Å²) in [6.07, 6.45) is 1.17. The summed E-state index contributed by atoms with van der Waals surface area (Å²) in [6.45, 7) is 0. The van der Waals surface area contributed by atoms with Crippen molar-refractivity contribution in [3.63, 3.8) is 0 Å². The molecule has 0 aliphatic rings. The third-order valence-corrected chi connectivity index (χ3v) is 2.56. The van der Waals surface area contributed by atoms with E-state index in [4.69, 9.17) is 16.7 Å². The minimum absolute atomic E-state index is 0.0599. The van der Waals surface area contributed by atoms with Crippen molar-refractivity contribution in [2.75, 3.05) is 0 Å². The van der Waals surface area contributed by atoms with E-state index >= 15 is 0 Å². The van der Waals surface area contributed by atoms with Gasteiger partial charge in [-0.25, -0.2) is 9.18 Å². The maximum Gasteiger partial charge on any atom is 0.337 e. The van der Waals surface area contributed by atoms with Gasteiger partial charge in [-0.1, -0.05) is 11.6 Å². The van der Waals surface area contributed by atoms with Gasteiger partial charge in [-0.2, -0.15) is 4.39 Å². The molecule has 2 aromatic rings. The number of aromatic carboxylic acids is 1. The van der Waals surface area contributed by atoms with Gasteiger partial charge < -0.3 is 5.11 Å². The van der Waals surface area contributed by atoms with Crippen LogP contribution in [0, 0.1) is 11.8 Å². The first-order valence-electron chi connectivity index (χ1n) is 4.42. The maximum absolute atomic E-state index is 13.2. The van der Waals surface area contributed by atoms with Crippen molar-refractivity contribution in [1.82, 2.24) is 10.2 Å². The molecule has 17 heavy (non-hydrogen) atoms. The molecule has 0 radical (unpaired) electrons. The van der Waals surface area contributed by atoms with Crippen LogP contribution in [0.25, 0.3) is 11.1 Å². The minimum atomic E-state index is -1.39. The molecule has 0 bridgehead atoms. The number of carboxylic acid groups (broad SMARTS) is 1. The first-order valence-corrected chi connectivity index (χ1v) is 4.80. The second-order valence-corrected chi connectivity index (χ2v) is 3.59. The Hall–Kier alpha value is -1.95. The first-order chi connectivity index (χ1) is 8.00. The molecule has 1 aromatic carbocycles. The molecule has 2 rings (SSSR count). The summed E-state index contributed by atoms with van der Waals surface area (Å²) in [5.74, 6) is -3.09. The van der Waals surface area contributed by atoms with Crippen molar-refractivity contribution in [2.45, 2.75) is 0 Å². The summed E-state index contributed by atoms with van der Waals surface area (Å²) >= 11 is 5.78. The highest BCUT2D eigenvalue weighted by Gasteiger charge is 2.19. The summed E-state index contributed by atoms with van der Waals surface area (Å²) in [7, 11) is 0. The summed E-state index contributed by atoms with van der Waals surface area (Å²) in [5.41, 5.74) is -0.574. The van der Waals surface area contributed by atoms with Crippen molar-refractivity contribution in [2.24, 2.45) is 0 Å². The van der Waals surface area contributed by atoms with Crippen molar-refractivity contribution >= 4 is 17.6 Å². The molecule has 0 aliphatic heterocycles. The molecule has 0 fully saturated rings. The van der Waals surface area contributed by atoms with E-state index in [-0.39, 0.29) is 16.1 Å². The number of nitrogens with zero attached hydrogens (tertiary/aromatic N) is 1. The molecule has 0 spiro atoms. The van der Waals surface area contributed by atoms with Crippen LogP contribution in [0.1, 0.15) is 10.4 Å². The average Bonchev–Trinajstić information content (AvgIpc) is 2.67. The Bertz CT molecular complexity index is 598. The Kier molecular flexibility index (Phi) is 2.81. The lowest BCUT2D eigenvalue weighted by Crippen LogP contribution is -2.00. The zero-order valence-electron chi connectivity index (χ0n) is 8.17. The first kappa shape index (κ1) is 11.5. The van der Waals surface area contributed by atoms with Crippen LogP contribution in [0.4, 0.5) is 8.78 Å². The van der Waals surface area contributed by atoms with Crippen molar-refractivity contribution in [3.8, 4) is 11.1 Å². The van der Waals surface area contributed by atoms with Gasteiger partial charge in [-0.15, -0.1) is 5.10 Å². The number of benzene rings is 1. The van der Waals surface area contributed by atoms with Gasteiger partial charge in [0.1, 0.15) is 5.82 Å². The van der Waals surface area contributed by atoms with Gasteiger partial charge in [-0.3, -0.25) is 5.10 Å². The number of rotatable bonds is 2. The number of halogens is 3. The predicted molar refractivity (Wildman–Crippen MR) is 55.9 cm³/mol. The van der Waals surface area contributed by atoms with Crippen LogP contribution in [0.15, 0.2) is 18.3 Å². The van der Waals surface area contributed by atoms with E-state index in [1.54, 1.807) is 0 Å². The normalized spacial score (nSPS) is 10.5. The van der Waals surface area contributed by atoms with Crippen LogP contribution in [-0.4, -0.2) is 21.3 Å².